The molecule has 0 radical (unpaired) electrons. The van der Waals surface area contributed by atoms with E-state index in [1.54, 1.807) is 0 Å². The quantitative estimate of drug-likeness (QED) is 0.168. The molecule has 274 valence electrons. The molecule has 8 aromatic rings. The van der Waals surface area contributed by atoms with Gasteiger partial charge in [-0.1, -0.05) is 152 Å². The Morgan fingerprint density at radius 2 is 1.26 bits per heavy atom. The summed E-state index contributed by atoms with van der Waals surface area (Å²) < 4.78 is 2.51. The summed E-state index contributed by atoms with van der Waals surface area (Å²) in [7, 11) is 0. The average Bonchev–Trinajstić information content (AvgIpc) is 3.60. The second-order valence-corrected chi connectivity index (χ2v) is 16.4. The summed E-state index contributed by atoms with van der Waals surface area (Å²) in [6.07, 6.45) is 15.9. The summed E-state index contributed by atoms with van der Waals surface area (Å²) in [5.74, 6) is 0.328. The van der Waals surface area contributed by atoms with Gasteiger partial charge in [0.2, 0.25) is 0 Å². The first-order valence-electron chi connectivity index (χ1n) is 20.0. The second kappa shape index (κ2) is 13.9. The van der Waals surface area contributed by atoms with Gasteiger partial charge in [-0.25, -0.2) is 0 Å². The lowest BCUT2D eigenvalue weighted by molar-refractivity contribution is 0.609. The molecule has 3 nitrogen and oxygen atoms in total. The van der Waals surface area contributed by atoms with Gasteiger partial charge < -0.3 is 14.4 Å². The van der Waals surface area contributed by atoms with Crippen molar-refractivity contribution in [2.45, 2.75) is 35.6 Å². The molecule has 0 spiro atoms. The summed E-state index contributed by atoms with van der Waals surface area (Å²) in [6.45, 7) is 2.33. The molecule has 1 aliphatic heterocycles. The Bertz CT molecular complexity index is 2930. The Morgan fingerprint density at radius 1 is 0.596 bits per heavy atom. The topological polar surface area (TPSA) is 11.4 Å². The van der Waals surface area contributed by atoms with Crippen LogP contribution < -0.4 is 9.80 Å². The molecule has 2 atom stereocenters. The molecule has 11 rings (SSSR count). The molecule has 3 aliphatic rings. The van der Waals surface area contributed by atoms with E-state index >= 15 is 0 Å². The number of benzene rings is 7. The van der Waals surface area contributed by atoms with E-state index in [1.807, 2.05) is 11.8 Å². The van der Waals surface area contributed by atoms with Crippen molar-refractivity contribution in [2.75, 3.05) is 9.80 Å². The van der Waals surface area contributed by atoms with E-state index in [-0.39, 0.29) is 6.04 Å². The molecule has 0 amide bonds. The smallest absolute Gasteiger partial charge is 0.0598 e. The average molecular weight is 752 g/mol. The van der Waals surface area contributed by atoms with Crippen LogP contribution in [0.4, 0.5) is 22.7 Å². The molecule has 57 heavy (non-hydrogen) atoms. The number of rotatable bonds is 6. The van der Waals surface area contributed by atoms with Crippen molar-refractivity contribution in [1.82, 2.24) is 4.57 Å². The molecule has 0 fully saturated rings. The third-order valence-electron chi connectivity index (χ3n) is 11.9. The minimum Gasteiger partial charge on any atom is -0.334 e. The molecule has 1 aromatic heterocycles. The van der Waals surface area contributed by atoms with Gasteiger partial charge in [-0.2, -0.15) is 0 Å². The van der Waals surface area contributed by atoms with E-state index in [9.17, 15) is 0 Å². The Labute approximate surface area is 338 Å². The van der Waals surface area contributed by atoms with Crippen molar-refractivity contribution in [3.05, 3.63) is 200 Å². The van der Waals surface area contributed by atoms with Crippen LogP contribution in [0.1, 0.15) is 19.8 Å². The standard InChI is InChI=1S/C53H41N3S/c1-36-14-2-6-22-47(36)54(39-30-28-38(29-31-39)44-21-12-16-37-15-3-4-19-43(37)44)42-32-33-46-45-20-5-7-23-48(45)55(51(46)35-42)40-17-13-18-41(34-40)56-49-24-8-10-26-52(49)57-53-27-11-9-25-50(53)56/h2-12,14-17,19-36,47H,13,18H2,1H3. The highest BCUT2D eigenvalue weighted by molar-refractivity contribution is 7.99. The number of nitrogens with zero attached hydrogens (tertiary/aromatic N) is 3. The Kier molecular flexibility index (Phi) is 8.25. The number of aromatic nitrogens is 1. The molecule has 0 bridgehead atoms. The van der Waals surface area contributed by atoms with Crippen LogP contribution in [0.5, 0.6) is 0 Å². The van der Waals surface area contributed by atoms with Gasteiger partial charge in [0.15, 0.2) is 0 Å². The van der Waals surface area contributed by atoms with E-state index in [4.69, 9.17) is 0 Å². The van der Waals surface area contributed by atoms with Gasteiger partial charge in [0.05, 0.1) is 28.5 Å². The van der Waals surface area contributed by atoms with Gasteiger partial charge in [-0.3, -0.25) is 0 Å². The van der Waals surface area contributed by atoms with Crippen LogP contribution in [-0.2, 0) is 0 Å². The summed E-state index contributed by atoms with van der Waals surface area (Å²) in [4.78, 5) is 7.62. The lowest BCUT2D eigenvalue weighted by atomic mass is 9.93. The molecule has 0 N–H and O–H groups in total. The Balaban J connectivity index is 1.05. The molecular weight excluding hydrogens is 711 g/mol. The van der Waals surface area contributed by atoms with Crippen molar-refractivity contribution >= 4 is 72.8 Å². The first kappa shape index (κ1) is 33.8. The first-order valence-corrected chi connectivity index (χ1v) is 20.8. The normalized spacial score (nSPS) is 17.4. The summed E-state index contributed by atoms with van der Waals surface area (Å²) in [5, 5.41) is 5.07. The van der Waals surface area contributed by atoms with Gasteiger partial charge in [0.1, 0.15) is 0 Å². The number of hydrogen-bond donors (Lipinski definition) is 0. The van der Waals surface area contributed by atoms with Crippen LogP contribution in [0.2, 0.25) is 0 Å². The lowest BCUT2D eigenvalue weighted by Crippen LogP contribution is -2.35. The third-order valence-corrected chi connectivity index (χ3v) is 13.0. The fourth-order valence-corrected chi connectivity index (χ4v) is 10.3. The summed E-state index contributed by atoms with van der Waals surface area (Å²) in [5.41, 5.74) is 12.3. The molecule has 4 heteroatoms. The van der Waals surface area contributed by atoms with Crippen molar-refractivity contribution < 1.29 is 0 Å². The minimum atomic E-state index is 0.159. The van der Waals surface area contributed by atoms with Gasteiger partial charge >= 0.3 is 0 Å². The second-order valence-electron chi connectivity index (χ2n) is 15.3. The highest BCUT2D eigenvalue weighted by Crippen LogP contribution is 2.51. The Morgan fingerprint density at radius 3 is 2.07 bits per heavy atom. The highest BCUT2D eigenvalue weighted by atomic mass is 32.2. The third kappa shape index (κ3) is 5.74. The monoisotopic (exact) mass is 751 g/mol. The maximum absolute atomic E-state index is 2.54. The molecule has 2 heterocycles. The SMILES string of the molecule is CC1C=CC=CC1N(c1ccc(-c2cccc3ccccc23)cc1)c1ccc2c3ccccc3n(C3=CCCC(N4c5ccccc5Sc5ccccc54)=C3)c2c1. The number of anilines is 4. The fraction of sp³-hybridized carbons (Fsp3) is 0.0943. The van der Waals surface area contributed by atoms with Crippen LogP contribution in [0.25, 0.3) is 49.4 Å². The van der Waals surface area contributed by atoms with Gasteiger partial charge in [0.25, 0.3) is 0 Å². The predicted molar refractivity (Wildman–Crippen MR) is 243 cm³/mol. The summed E-state index contributed by atoms with van der Waals surface area (Å²) in [6, 6.07) is 58.3. The largest absolute Gasteiger partial charge is 0.334 e. The zero-order valence-electron chi connectivity index (χ0n) is 31.8. The van der Waals surface area contributed by atoms with Crippen molar-refractivity contribution in [3.63, 3.8) is 0 Å². The molecule has 0 saturated carbocycles. The maximum atomic E-state index is 2.54. The molecule has 7 aromatic carbocycles. The molecule has 0 saturated heterocycles. The maximum Gasteiger partial charge on any atom is 0.0598 e. The Hall–Kier alpha value is -6.49. The van der Waals surface area contributed by atoms with Gasteiger partial charge in [0, 0.05) is 43.3 Å². The van der Waals surface area contributed by atoms with Gasteiger partial charge in [-0.15, -0.1) is 0 Å². The van der Waals surface area contributed by atoms with Crippen molar-refractivity contribution in [2.24, 2.45) is 5.92 Å². The zero-order chi connectivity index (χ0) is 37.9. The van der Waals surface area contributed by atoms with E-state index in [0.717, 1.165) is 12.8 Å². The minimum absolute atomic E-state index is 0.159. The predicted octanol–water partition coefficient (Wildman–Crippen LogP) is 14.7. The molecule has 2 aliphatic carbocycles. The van der Waals surface area contributed by atoms with Crippen LogP contribution in [-0.4, -0.2) is 10.6 Å². The molecule has 2 unspecified atom stereocenters. The van der Waals surface area contributed by atoms with Crippen LogP contribution in [0.15, 0.2) is 210 Å². The number of hydrogen-bond acceptors (Lipinski definition) is 3. The van der Waals surface area contributed by atoms with Crippen LogP contribution in [0, 0.1) is 5.92 Å². The number of fused-ring (bicyclic) bond motifs is 6. The van der Waals surface area contributed by atoms with Crippen LogP contribution in [0.3, 0.4) is 0 Å². The summed E-state index contributed by atoms with van der Waals surface area (Å²) >= 11 is 1.86. The van der Waals surface area contributed by atoms with Crippen molar-refractivity contribution in [3.8, 4) is 11.1 Å². The van der Waals surface area contributed by atoms with Crippen LogP contribution >= 0.6 is 11.8 Å². The van der Waals surface area contributed by atoms with Crippen molar-refractivity contribution in [1.29, 1.82) is 0 Å². The highest BCUT2D eigenvalue weighted by Gasteiger charge is 2.29. The zero-order valence-corrected chi connectivity index (χ0v) is 32.6. The van der Waals surface area contributed by atoms with E-state index in [1.165, 1.54) is 87.6 Å². The van der Waals surface area contributed by atoms with Gasteiger partial charge in [-0.05, 0) is 101 Å². The fourth-order valence-electron chi connectivity index (χ4n) is 9.20. The molecular formula is C53H41N3S. The number of para-hydroxylation sites is 3. The lowest BCUT2D eigenvalue weighted by Gasteiger charge is -2.36. The van der Waals surface area contributed by atoms with E-state index < -0.39 is 0 Å². The first-order chi connectivity index (χ1) is 28.2. The van der Waals surface area contributed by atoms with E-state index in [0.29, 0.717) is 5.92 Å². The van der Waals surface area contributed by atoms with E-state index in [2.05, 4.69) is 215 Å². The number of allylic oxidation sites excluding steroid dienone is 6.